The number of anilines is 1. The Kier molecular flexibility index (Phi) is 4.08. The van der Waals surface area contributed by atoms with E-state index >= 15 is 0 Å². The van der Waals surface area contributed by atoms with E-state index < -0.39 is 0 Å². The number of hydrogen-bond acceptors (Lipinski definition) is 3. The number of fused-ring (bicyclic) bond motifs is 1. The third-order valence-electron chi connectivity index (χ3n) is 3.62. The summed E-state index contributed by atoms with van der Waals surface area (Å²) in [5, 5.41) is 2.72. The molecule has 100 valence electrons. The molecule has 3 N–H and O–H groups in total. The average molecular weight is 257 g/mol. The first-order valence-electron chi connectivity index (χ1n) is 6.45. The van der Waals surface area contributed by atoms with E-state index in [1.807, 2.05) is 19.1 Å². The number of nitrogens with two attached hydrogens (primary N) is 1. The van der Waals surface area contributed by atoms with Crippen molar-refractivity contribution in [2.75, 3.05) is 18.8 Å². The summed E-state index contributed by atoms with van der Waals surface area (Å²) in [6, 6.07) is 5.78. The molecule has 1 unspecified atom stereocenters. The molecule has 0 spiro atoms. The predicted octanol–water partition coefficient (Wildman–Crippen LogP) is 0.765. The van der Waals surface area contributed by atoms with E-state index in [4.69, 9.17) is 12.2 Å². The molecule has 0 saturated heterocycles. The molecule has 0 aromatic heterocycles. The van der Waals surface area contributed by atoms with Crippen LogP contribution in [0.1, 0.15) is 18.1 Å². The lowest BCUT2D eigenvalue weighted by Gasteiger charge is -2.33. The molecule has 1 aliphatic rings. The Labute approximate surface area is 114 Å². The minimum absolute atomic E-state index is 0.0229. The molecule has 1 atom stereocenters. The van der Waals surface area contributed by atoms with Crippen molar-refractivity contribution in [1.82, 2.24) is 10.2 Å². The van der Waals surface area contributed by atoms with E-state index in [1.165, 1.54) is 11.1 Å². The highest BCUT2D eigenvalue weighted by atomic mass is 16.2. The van der Waals surface area contributed by atoms with Crippen LogP contribution in [0.3, 0.4) is 0 Å². The number of nitrogen functional groups attached to an aromatic ring is 1. The van der Waals surface area contributed by atoms with Crippen molar-refractivity contribution in [3.63, 3.8) is 0 Å². The molecule has 2 rings (SSSR count). The van der Waals surface area contributed by atoms with Crippen molar-refractivity contribution < 1.29 is 4.79 Å². The van der Waals surface area contributed by atoms with E-state index in [-0.39, 0.29) is 18.5 Å². The number of nitrogens with one attached hydrogen (secondary N) is 1. The predicted molar refractivity (Wildman–Crippen MR) is 76.3 cm³/mol. The van der Waals surface area contributed by atoms with Crippen LogP contribution in [-0.4, -0.2) is 29.9 Å². The van der Waals surface area contributed by atoms with Gasteiger partial charge in [-0.1, -0.05) is 18.1 Å². The zero-order chi connectivity index (χ0) is 13.8. The lowest BCUT2D eigenvalue weighted by atomic mass is 9.97. The van der Waals surface area contributed by atoms with Crippen LogP contribution < -0.4 is 11.1 Å². The van der Waals surface area contributed by atoms with Crippen molar-refractivity contribution in [3.05, 3.63) is 29.3 Å². The lowest BCUT2D eigenvalue weighted by molar-refractivity contribution is -0.125. The fourth-order valence-corrected chi connectivity index (χ4v) is 2.44. The average Bonchev–Trinajstić information content (AvgIpc) is 2.43. The van der Waals surface area contributed by atoms with E-state index in [9.17, 15) is 4.79 Å². The Bertz CT molecular complexity index is 519. The first kappa shape index (κ1) is 13.4. The second-order valence-corrected chi connectivity index (χ2v) is 4.80. The number of terminal acetylenes is 1. The summed E-state index contributed by atoms with van der Waals surface area (Å²) in [7, 11) is 0. The molecule has 0 fully saturated rings. The standard InChI is InChI=1S/C15H19N3O/c1-3-8-17-15(19)11(2)18-9-7-13-12(10-18)5-4-6-14(13)16/h1,4-6,11H,7-10,16H2,2H3,(H,17,19). The van der Waals surface area contributed by atoms with Crippen molar-refractivity contribution in [3.8, 4) is 12.3 Å². The Morgan fingerprint density at radius 3 is 3.16 bits per heavy atom. The normalized spacial score (nSPS) is 16.2. The molecule has 4 nitrogen and oxygen atoms in total. The molecule has 0 aliphatic carbocycles. The van der Waals surface area contributed by atoms with Gasteiger partial charge in [0, 0.05) is 18.8 Å². The van der Waals surface area contributed by atoms with Gasteiger partial charge in [-0.2, -0.15) is 0 Å². The number of rotatable bonds is 3. The van der Waals surface area contributed by atoms with Crippen molar-refractivity contribution in [1.29, 1.82) is 0 Å². The van der Waals surface area contributed by atoms with Crippen LogP contribution in [-0.2, 0) is 17.8 Å². The van der Waals surface area contributed by atoms with Gasteiger partial charge < -0.3 is 11.1 Å². The van der Waals surface area contributed by atoms with Crippen molar-refractivity contribution in [2.24, 2.45) is 0 Å². The smallest absolute Gasteiger partial charge is 0.237 e. The van der Waals surface area contributed by atoms with Gasteiger partial charge in [-0.25, -0.2) is 0 Å². The fourth-order valence-electron chi connectivity index (χ4n) is 2.44. The maximum absolute atomic E-state index is 11.9. The molecule has 1 aromatic carbocycles. The summed E-state index contributed by atoms with van der Waals surface area (Å²) in [5.41, 5.74) is 9.25. The molecular formula is C15H19N3O. The van der Waals surface area contributed by atoms with Gasteiger partial charge in [-0.05, 0) is 30.5 Å². The molecule has 1 amide bonds. The Morgan fingerprint density at radius 1 is 1.63 bits per heavy atom. The van der Waals surface area contributed by atoms with Gasteiger partial charge in [-0.15, -0.1) is 6.42 Å². The van der Waals surface area contributed by atoms with Gasteiger partial charge in [0.25, 0.3) is 0 Å². The second-order valence-electron chi connectivity index (χ2n) is 4.80. The molecule has 0 bridgehead atoms. The van der Waals surface area contributed by atoms with Gasteiger partial charge in [0.05, 0.1) is 12.6 Å². The maximum Gasteiger partial charge on any atom is 0.237 e. The largest absolute Gasteiger partial charge is 0.398 e. The number of amides is 1. The highest BCUT2D eigenvalue weighted by molar-refractivity contribution is 5.81. The minimum Gasteiger partial charge on any atom is -0.398 e. The number of carbonyl (C=O) groups is 1. The van der Waals surface area contributed by atoms with Crippen LogP contribution in [0, 0.1) is 12.3 Å². The molecule has 0 radical (unpaired) electrons. The van der Waals surface area contributed by atoms with Gasteiger partial charge >= 0.3 is 0 Å². The molecule has 19 heavy (non-hydrogen) atoms. The van der Waals surface area contributed by atoms with Crippen molar-refractivity contribution in [2.45, 2.75) is 25.9 Å². The van der Waals surface area contributed by atoms with Crippen LogP contribution in [0.2, 0.25) is 0 Å². The summed E-state index contributed by atoms with van der Waals surface area (Å²) in [6.07, 6.45) is 6.03. The van der Waals surface area contributed by atoms with Gasteiger partial charge in [0.15, 0.2) is 0 Å². The zero-order valence-corrected chi connectivity index (χ0v) is 11.1. The Hall–Kier alpha value is -1.99. The fraction of sp³-hybridized carbons (Fsp3) is 0.400. The molecule has 1 aliphatic heterocycles. The molecule has 1 aromatic rings. The number of nitrogens with zero attached hydrogens (tertiary/aromatic N) is 1. The number of benzene rings is 1. The minimum atomic E-state index is -0.178. The highest BCUT2D eigenvalue weighted by Gasteiger charge is 2.25. The van der Waals surface area contributed by atoms with E-state index in [0.717, 1.165) is 25.2 Å². The number of hydrogen-bond donors (Lipinski definition) is 2. The summed E-state index contributed by atoms with van der Waals surface area (Å²) >= 11 is 0. The Balaban J connectivity index is 2.06. The van der Waals surface area contributed by atoms with Gasteiger partial charge in [-0.3, -0.25) is 9.69 Å². The molecular weight excluding hydrogens is 238 g/mol. The summed E-state index contributed by atoms with van der Waals surface area (Å²) in [6.45, 7) is 3.78. The highest BCUT2D eigenvalue weighted by Crippen LogP contribution is 2.25. The summed E-state index contributed by atoms with van der Waals surface area (Å²) in [5.74, 6) is 2.39. The van der Waals surface area contributed by atoms with Crippen LogP contribution in [0.4, 0.5) is 5.69 Å². The van der Waals surface area contributed by atoms with E-state index in [2.05, 4.69) is 22.2 Å². The lowest BCUT2D eigenvalue weighted by Crippen LogP contribution is -2.47. The van der Waals surface area contributed by atoms with Crippen LogP contribution in [0.25, 0.3) is 0 Å². The molecule has 4 heteroatoms. The van der Waals surface area contributed by atoms with E-state index in [0.29, 0.717) is 0 Å². The summed E-state index contributed by atoms with van der Waals surface area (Å²) in [4.78, 5) is 14.1. The Morgan fingerprint density at radius 2 is 2.42 bits per heavy atom. The van der Waals surface area contributed by atoms with Crippen LogP contribution >= 0.6 is 0 Å². The molecule has 0 saturated carbocycles. The van der Waals surface area contributed by atoms with Crippen molar-refractivity contribution >= 4 is 11.6 Å². The monoisotopic (exact) mass is 257 g/mol. The first-order valence-corrected chi connectivity index (χ1v) is 6.45. The third kappa shape index (κ3) is 2.88. The SMILES string of the molecule is C#CCNC(=O)C(C)N1CCc2c(N)cccc2C1. The second kappa shape index (κ2) is 5.77. The van der Waals surface area contributed by atoms with Crippen LogP contribution in [0.5, 0.6) is 0 Å². The van der Waals surface area contributed by atoms with Gasteiger partial charge in [0.2, 0.25) is 5.91 Å². The first-order chi connectivity index (χ1) is 9.13. The maximum atomic E-state index is 11.9. The summed E-state index contributed by atoms with van der Waals surface area (Å²) < 4.78 is 0. The number of carbonyl (C=O) groups excluding carboxylic acids is 1. The van der Waals surface area contributed by atoms with Crippen LogP contribution in [0.15, 0.2) is 18.2 Å². The molecule has 1 heterocycles. The van der Waals surface area contributed by atoms with Gasteiger partial charge in [0.1, 0.15) is 0 Å². The quantitative estimate of drug-likeness (QED) is 0.621. The topological polar surface area (TPSA) is 58.4 Å². The zero-order valence-electron chi connectivity index (χ0n) is 11.1. The third-order valence-corrected chi connectivity index (χ3v) is 3.62. The van der Waals surface area contributed by atoms with E-state index in [1.54, 1.807) is 0 Å².